The normalized spacial score (nSPS) is 16.5. The van der Waals surface area contributed by atoms with E-state index in [1.54, 1.807) is 31.2 Å². The summed E-state index contributed by atoms with van der Waals surface area (Å²) in [6.45, 7) is 2.34. The van der Waals surface area contributed by atoms with Gasteiger partial charge in [-0.2, -0.15) is 8.42 Å². The molecule has 3 rings (SSSR count). The van der Waals surface area contributed by atoms with E-state index in [0.29, 0.717) is 28.7 Å². The Balaban J connectivity index is 1.72. The lowest BCUT2D eigenvalue weighted by Gasteiger charge is -2.16. The van der Waals surface area contributed by atoms with Crippen molar-refractivity contribution in [3.8, 4) is 5.75 Å². The van der Waals surface area contributed by atoms with Crippen molar-refractivity contribution in [3.63, 3.8) is 0 Å². The molecule has 1 atom stereocenters. The van der Waals surface area contributed by atoms with Crippen molar-refractivity contribution in [3.05, 3.63) is 52.5 Å². The molecule has 160 valence electrons. The number of carbonyl (C=O) groups excluding carboxylic acids is 1. The molecule has 0 bridgehead atoms. The van der Waals surface area contributed by atoms with Gasteiger partial charge >= 0.3 is 0 Å². The molecule has 10 heteroatoms. The Labute approximate surface area is 185 Å². The van der Waals surface area contributed by atoms with Crippen LogP contribution in [0.4, 0.5) is 5.69 Å². The molecule has 0 radical (unpaired) electrons. The van der Waals surface area contributed by atoms with Crippen LogP contribution in [-0.2, 0) is 14.8 Å². The zero-order chi connectivity index (χ0) is 21.9. The quantitative estimate of drug-likeness (QED) is 0.684. The summed E-state index contributed by atoms with van der Waals surface area (Å²) in [6.07, 6.45) is 0.612. The summed E-state index contributed by atoms with van der Waals surface area (Å²) < 4.78 is 34.8. The molecular weight excluding hydrogens is 449 g/mol. The van der Waals surface area contributed by atoms with Gasteiger partial charge in [0.1, 0.15) is 11.6 Å². The van der Waals surface area contributed by atoms with Crippen molar-refractivity contribution >= 4 is 50.7 Å². The zero-order valence-corrected chi connectivity index (χ0v) is 18.8. The van der Waals surface area contributed by atoms with E-state index in [2.05, 4.69) is 9.71 Å². The Kier molecular flexibility index (Phi) is 6.90. The number of hydrogen-bond donors (Lipinski definition) is 1. The molecule has 0 saturated carbocycles. The first-order chi connectivity index (χ1) is 14.2. The molecule has 1 N–H and O–H groups in total. The number of carbonyl (C=O) groups is 1. The predicted octanol–water partition coefficient (Wildman–Crippen LogP) is 4.21. The number of sulfonamides is 1. The molecule has 2 aromatic carbocycles. The van der Waals surface area contributed by atoms with Gasteiger partial charge in [0.05, 0.1) is 9.92 Å². The first-order valence-corrected chi connectivity index (χ1v) is 11.4. The van der Waals surface area contributed by atoms with Crippen LogP contribution in [0, 0.1) is 0 Å². The van der Waals surface area contributed by atoms with Crippen LogP contribution in [0.1, 0.15) is 19.8 Å². The first kappa shape index (κ1) is 22.4. The van der Waals surface area contributed by atoms with E-state index in [4.69, 9.17) is 27.9 Å². The van der Waals surface area contributed by atoms with Crippen LogP contribution in [0.3, 0.4) is 0 Å². The maximum absolute atomic E-state index is 12.6. The molecule has 1 aliphatic heterocycles. The summed E-state index contributed by atoms with van der Waals surface area (Å²) in [5.41, 5.74) is 0.318. The summed E-state index contributed by atoms with van der Waals surface area (Å²) in [7, 11) is -2.07. The van der Waals surface area contributed by atoms with Crippen LogP contribution in [-0.4, -0.2) is 44.8 Å². The van der Waals surface area contributed by atoms with Crippen LogP contribution < -0.4 is 10.1 Å². The average molecular weight is 470 g/mol. The highest BCUT2D eigenvalue weighted by atomic mass is 35.5. The minimum atomic E-state index is -3.88. The number of rotatable bonds is 6. The lowest BCUT2D eigenvalue weighted by molar-refractivity contribution is -0.122. The molecule has 1 unspecified atom stereocenters. The van der Waals surface area contributed by atoms with Gasteiger partial charge in [-0.25, -0.2) is 0 Å². The number of ether oxygens (including phenoxy) is 1. The van der Waals surface area contributed by atoms with Gasteiger partial charge < -0.3 is 15.0 Å². The number of likely N-dealkylation sites (tertiary alicyclic amines) is 1. The Bertz CT molecular complexity index is 1090. The number of hydrogen-bond acceptors (Lipinski definition) is 4. The number of benzene rings is 2. The number of halogens is 2. The largest absolute Gasteiger partial charge is 0.479 e. The fraction of sp³-hybridized carbons (Fsp3) is 0.300. The summed E-state index contributed by atoms with van der Waals surface area (Å²) in [4.78, 5) is 14.3. The Morgan fingerprint density at radius 3 is 2.67 bits per heavy atom. The highest BCUT2D eigenvalue weighted by molar-refractivity contribution is 7.90. The monoisotopic (exact) mass is 469 g/mol. The van der Waals surface area contributed by atoms with E-state index in [1.165, 1.54) is 18.2 Å². The molecule has 1 fully saturated rings. The average Bonchev–Trinajstić information content (AvgIpc) is 3.08. The predicted molar refractivity (Wildman–Crippen MR) is 118 cm³/mol. The van der Waals surface area contributed by atoms with Gasteiger partial charge in [0, 0.05) is 30.7 Å². The Morgan fingerprint density at radius 1 is 1.23 bits per heavy atom. The third-order valence-electron chi connectivity index (χ3n) is 4.53. The van der Waals surface area contributed by atoms with Gasteiger partial charge in [-0.3, -0.25) is 4.79 Å². The molecular formula is C20H21Cl2N3O4S. The number of nitrogens with zero attached hydrogens (tertiary/aromatic N) is 2. The third-order valence-corrected chi connectivity index (χ3v) is 6.36. The molecule has 0 spiro atoms. The minimum absolute atomic E-state index is 0.00224. The maximum atomic E-state index is 12.6. The second kappa shape index (κ2) is 9.24. The number of amides is 1. The maximum Gasteiger partial charge on any atom is 0.284 e. The van der Waals surface area contributed by atoms with Crippen molar-refractivity contribution < 1.29 is 17.9 Å². The van der Waals surface area contributed by atoms with E-state index in [-0.39, 0.29) is 9.92 Å². The molecule has 1 amide bonds. The summed E-state index contributed by atoms with van der Waals surface area (Å²) >= 11 is 11.9. The molecule has 2 aromatic rings. The van der Waals surface area contributed by atoms with Crippen LogP contribution >= 0.6 is 23.2 Å². The van der Waals surface area contributed by atoms with E-state index in [1.807, 2.05) is 11.9 Å². The first-order valence-electron chi connectivity index (χ1n) is 9.23. The molecule has 0 aromatic heterocycles. The van der Waals surface area contributed by atoms with Crippen LogP contribution in [0.2, 0.25) is 10.0 Å². The van der Waals surface area contributed by atoms with Crippen LogP contribution in [0.5, 0.6) is 5.75 Å². The summed E-state index contributed by atoms with van der Waals surface area (Å²) in [6, 6.07) is 10.6. The molecule has 1 heterocycles. The standard InChI is InChI=1S/C20H21Cl2N3O4S/c1-13(29-18-9-8-14(21)11-17(18)22)20(26)23-15-5-3-6-16(12-15)30(27,28)24-19-7-4-10-25(19)2/h3,5-6,8-9,11-13H,4,7,10H2,1-2H3,(H,23,26). The number of amidine groups is 1. The Morgan fingerprint density at radius 2 is 2.00 bits per heavy atom. The van der Waals surface area contributed by atoms with Gasteiger partial charge in [-0.05, 0) is 49.7 Å². The lowest BCUT2D eigenvalue weighted by atomic mass is 10.3. The van der Waals surface area contributed by atoms with Crippen LogP contribution in [0.25, 0.3) is 0 Å². The number of anilines is 1. The lowest BCUT2D eigenvalue weighted by Crippen LogP contribution is -2.30. The van der Waals surface area contributed by atoms with E-state index >= 15 is 0 Å². The van der Waals surface area contributed by atoms with Gasteiger partial charge in [-0.15, -0.1) is 4.40 Å². The van der Waals surface area contributed by atoms with Crippen molar-refractivity contribution in [2.24, 2.45) is 4.40 Å². The van der Waals surface area contributed by atoms with Crippen molar-refractivity contribution in [2.45, 2.75) is 30.8 Å². The topological polar surface area (TPSA) is 88.1 Å². The van der Waals surface area contributed by atoms with Gasteiger partial charge in [0.25, 0.3) is 15.9 Å². The second-order valence-electron chi connectivity index (χ2n) is 6.86. The van der Waals surface area contributed by atoms with Crippen molar-refractivity contribution in [1.29, 1.82) is 0 Å². The second-order valence-corrected chi connectivity index (χ2v) is 9.31. The van der Waals surface area contributed by atoms with E-state index in [9.17, 15) is 13.2 Å². The molecule has 1 saturated heterocycles. The fourth-order valence-electron chi connectivity index (χ4n) is 2.89. The third kappa shape index (κ3) is 5.44. The SMILES string of the molecule is CC(Oc1ccc(Cl)cc1Cl)C(=O)Nc1cccc(S(=O)(=O)N=C2CCCN2C)c1. The molecule has 7 nitrogen and oxygen atoms in total. The van der Waals surface area contributed by atoms with E-state index < -0.39 is 22.0 Å². The molecule has 30 heavy (non-hydrogen) atoms. The molecule has 1 aliphatic rings. The van der Waals surface area contributed by atoms with Crippen molar-refractivity contribution in [1.82, 2.24) is 4.90 Å². The zero-order valence-electron chi connectivity index (χ0n) is 16.4. The highest BCUT2D eigenvalue weighted by Crippen LogP contribution is 2.28. The van der Waals surface area contributed by atoms with Gasteiger partial charge in [0.2, 0.25) is 0 Å². The van der Waals surface area contributed by atoms with Gasteiger partial charge in [0.15, 0.2) is 6.10 Å². The van der Waals surface area contributed by atoms with Crippen molar-refractivity contribution in [2.75, 3.05) is 18.9 Å². The highest BCUT2D eigenvalue weighted by Gasteiger charge is 2.21. The summed E-state index contributed by atoms with van der Waals surface area (Å²) in [5.74, 6) is 0.389. The summed E-state index contributed by atoms with van der Waals surface area (Å²) in [5, 5.41) is 3.39. The Hall–Kier alpha value is -2.29. The number of nitrogens with one attached hydrogen (secondary N) is 1. The fourth-order valence-corrected chi connectivity index (χ4v) is 4.49. The van der Waals surface area contributed by atoms with E-state index in [0.717, 1.165) is 13.0 Å². The van der Waals surface area contributed by atoms with Gasteiger partial charge in [-0.1, -0.05) is 29.3 Å². The minimum Gasteiger partial charge on any atom is -0.479 e. The van der Waals surface area contributed by atoms with Crippen LogP contribution in [0.15, 0.2) is 51.8 Å². The molecule has 0 aliphatic carbocycles. The smallest absolute Gasteiger partial charge is 0.284 e.